The maximum atomic E-state index is 5.40. The smallest absolute Gasteiger partial charge is 0.191 e. The number of ether oxygens (including phenoxy) is 1. The van der Waals surface area contributed by atoms with E-state index in [9.17, 15) is 0 Å². The molecule has 2 rings (SSSR count). The molecule has 0 amide bonds. The molecule has 1 heterocycles. The average molecular weight is 489 g/mol. The minimum atomic E-state index is 0. The van der Waals surface area contributed by atoms with Crippen LogP contribution in [-0.4, -0.2) is 81.8 Å². The summed E-state index contributed by atoms with van der Waals surface area (Å²) in [6, 6.07) is 11.0. The predicted octanol–water partition coefficient (Wildman–Crippen LogP) is 2.18. The van der Waals surface area contributed by atoms with Crippen LogP contribution >= 0.6 is 24.0 Å². The molecule has 6 nitrogen and oxygen atoms in total. The van der Waals surface area contributed by atoms with E-state index in [-0.39, 0.29) is 24.0 Å². The molecule has 27 heavy (non-hydrogen) atoms. The molecule has 0 bridgehead atoms. The number of hydrogen-bond acceptors (Lipinski definition) is 4. The summed E-state index contributed by atoms with van der Waals surface area (Å²) < 4.78 is 5.40. The SMILES string of the molecule is CCN(CC)C(CNC(=NC)NCCN1CCOCC1)c1ccccc1.I. The van der Waals surface area contributed by atoms with E-state index in [4.69, 9.17) is 4.74 Å². The highest BCUT2D eigenvalue weighted by molar-refractivity contribution is 14.0. The Morgan fingerprint density at radius 1 is 1.15 bits per heavy atom. The van der Waals surface area contributed by atoms with Gasteiger partial charge in [0.1, 0.15) is 0 Å². The number of rotatable bonds is 9. The fourth-order valence-corrected chi connectivity index (χ4v) is 3.37. The summed E-state index contributed by atoms with van der Waals surface area (Å²) in [6.45, 7) is 13.0. The van der Waals surface area contributed by atoms with Gasteiger partial charge in [-0.15, -0.1) is 24.0 Å². The fraction of sp³-hybridized carbons (Fsp3) is 0.650. The van der Waals surface area contributed by atoms with Gasteiger partial charge in [-0.2, -0.15) is 0 Å². The van der Waals surface area contributed by atoms with E-state index in [0.717, 1.165) is 65.0 Å². The highest BCUT2D eigenvalue weighted by Gasteiger charge is 2.18. The monoisotopic (exact) mass is 489 g/mol. The van der Waals surface area contributed by atoms with Crippen LogP contribution < -0.4 is 10.6 Å². The molecule has 0 aromatic heterocycles. The summed E-state index contributed by atoms with van der Waals surface area (Å²) in [5, 5.41) is 6.95. The minimum Gasteiger partial charge on any atom is -0.379 e. The molecule has 154 valence electrons. The van der Waals surface area contributed by atoms with Gasteiger partial charge in [0.2, 0.25) is 0 Å². The van der Waals surface area contributed by atoms with E-state index in [1.807, 2.05) is 7.05 Å². The van der Waals surface area contributed by atoms with Gasteiger partial charge in [-0.1, -0.05) is 44.2 Å². The number of nitrogens with one attached hydrogen (secondary N) is 2. The van der Waals surface area contributed by atoms with Crippen molar-refractivity contribution in [2.75, 3.05) is 66.1 Å². The first-order chi connectivity index (χ1) is 12.8. The molecule has 1 saturated heterocycles. The Bertz CT molecular complexity index is 518. The summed E-state index contributed by atoms with van der Waals surface area (Å²) in [6.07, 6.45) is 0. The second-order valence-corrected chi connectivity index (χ2v) is 6.48. The highest BCUT2D eigenvalue weighted by Crippen LogP contribution is 2.19. The summed E-state index contributed by atoms with van der Waals surface area (Å²) in [5.74, 6) is 0.867. The Balaban J connectivity index is 0.00000364. The van der Waals surface area contributed by atoms with Gasteiger partial charge in [0.05, 0.1) is 19.3 Å². The Morgan fingerprint density at radius 3 is 2.41 bits per heavy atom. The zero-order valence-corrected chi connectivity index (χ0v) is 19.3. The standard InChI is InChI=1S/C20H35N5O.HI/c1-4-25(5-2)19(18-9-7-6-8-10-18)17-23-20(21-3)22-11-12-24-13-15-26-16-14-24;/h6-10,19H,4-5,11-17H2,1-3H3,(H2,21,22,23);1H. The van der Waals surface area contributed by atoms with Crippen LogP contribution in [-0.2, 0) is 4.74 Å². The molecule has 0 radical (unpaired) electrons. The second-order valence-electron chi connectivity index (χ2n) is 6.48. The van der Waals surface area contributed by atoms with Crippen LogP contribution in [0.3, 0.4) is 0 Å². The van der Waals surface area contributed by atoms with E-state index in [2.05, 4.69) is 69.6 Å². The number of guanidine groups is 1. The van der Waals surface area contributed by atoms with Crippen molar-refractivity contribution in [1.29, 1.82) is 0 Å². The number of benzene rings is 1. The van der Waals surface area contributed by atoms with Crippen LogP contribution in [0.2, 0.25) is 0 Å². The number of nitrogens with zero attached hydrogens (tertiary/aromatic N) is 3. The summed E-state index contributed by atoms with van der Waals surface area (Å²) in [5.41, 5.74) is 1.34. The molecule has 1 unspecified atom stereocenters. The molecule has 1 aliphatic heterocycles. The van der Waals surface area contributed by atoms with Crippen LogP contribution in [0.25, 0.3) is 0 Å². The third-order valence-corrected chi connectivity index (χ3v) is 4.95. The van der Waals surface area contributed by atoms with E-state index < -0.39 is 0 Å². The van der Waals surface area contributed by atoms with Crippen molar-refractivity contribution in [3.05, 3.63) is 35.9 Å². The third-order valence-electron chi connectivity index (χ3n) is 4.95. The molecule has 1 aromatic rings. The van der Waals surface area contributed by atoms with Crippen LogP contribution in [0.5, 0.6) is 0 Å². The molecule has 1 aliphatic rings. The van der Waals surface area contributed by atoms with Crippen molar-refractivity contribution in [1.82, 2.24) is 20.4 Å². The van der Waals surface area contributed by atoms with Crippen molar-refractivity contribution in [3.63, 3.8) is 0 Å². The first-order valence-electron chi connectivity index (χ1n) is 9.82. The minimum absolute atomic E-state index is 0. The molecule has 2 N–H and O–H groups in total. The fourth-order valence-electron chi connectivity index (χ4n) is 3.37. The van der Waals surface area contributed by atoms with Gasteiger partial charge >= 0.3 is 0 Å². The zero-order chi connectivity index (χ0) is 18.6. The van der Waals surface area contributed by atoms with Gasteiger partial charge in [-0.05, 0) is 18.7 Å². The Morgan fingerprint density at radius 2 is 1.81 bits per heavy atom. The molecular weight excluding hydrogens is 453 g/mol. The first-order valence-corrected chi connectivity index (χ1v) is 9.82. The van der Waals surface area contributed by atoms with Crippen LogP contribution in [0, 0.1) is 0 Å². The van der Waals surface area contributed by atoms with Gasteiger partial charge in [0.25, 0.3) is 0 Å². The van der Waals surface area contributed by atoms with E-state index in [0.29, 0.717) is 6.04 Å². The molecule has 0 aliphatic carbocycles. The summed E-state index contributed by atoms with van der Waals surface area (Å²) in [7, 11) is 1.83. The lowest BCUT2D eigenvalue weighted by Crippen LogP contribution is -2.46. The molecular formula is C20H36IN5O. The predicted molar refractivity (Wildman–Crippen MR) is 124 cm³/mol. The Kier molecular flexibility index (Phi) is 12.6. The Labute approximate surface area is 181 Å². The average Bonchev–Trinajstić information content (AvgIpc) is 2.71. The van der Waals surface area contributed by atoms with Gasteiger partial charge in [-0.3, -0.25) is 14.8 Å². The number of likely N-dealkylation sites (N-methyl/N-ethyl adjacent to an activating group) is 1. The molecule has 0 spiro atoms. The van der Waals surface area contributed by atoms with Crippen LogP contribution in [0.15, 0.2) is 35.3 Å². The molecule has 1 atom stereocenters. The normalized spacial score (nSPS) is 16.7. The quantitative estimate of drug-likeness (QED) is 0.317. The third kappa shape index (κ3) is 8.33. The molecule has 7 heteroatoms. The van der Waals surface area contributed by atoms with Crippen LogP contribution in [0.4, 0.5) is 0 Å². The van der Waals surface area contributed by atoms with E-state index >= 15 is 0 Å². The molecule has 1 aromatic carbocycles. The largest absolute Gasteiger partial charge is 0.379 e. The lowest BCUT2D eigenvalue weighted by molar-refractivity contribution is 0.0389. The van der Waals surface area contributed by atoms with Gasteiger partial charge in [0, 0.05) is 39.8 Å². The second kappa shape index (κ2) is 14.1. The van der Waals surface area contributed by atoms with Crippen molar-refractivity contribution in [3.8, 4) is 0 Å². The summed E-state index contributed by atoms with van der Waals surface area (Å²) in [4.78, 5) is 9.28. The Hall–Kier alpha value is -0.900. The van der Waals surface area contributed by atoms with Crippen molar-refractivity contribution in [2.24, 2.45) is 4.99 Å². The maximum absolute atomic E-state index is 5.40. The van der Waals surface area contributed by atoms with Crippen LogP contribution in [0.1, 0.15) is 25.5 Å². The van der Waals surface area contributed by atoms with Crippen molar-refractivity contribution in [2.45, 2.75) is 19.9 Å². The zero-order valence-electron chi connectivity index (χ0n) is 17.0. The molecule has 1 fully saturated rings. The summed E-state index contributed by atoms with van der Waals surface area (Å²) >= 11 is 0. The topological polar surface area (TPSA) is 52.1 Å². The van der Waals surface area contributed by atoms with Gasteiger partial charge < -0.3 is 15.4 Å². The van der Waals surface area contributed by atoms with Crippen molar-refractivity contribution < 1.29 is 4.74 Å². The van der Waals surface area contributed by atoms with Gasteiger partial charge in [0.15, 0.2) is 5.96 Å². The molecule has 0 saturated carbocycles. The number of hydrogen-bond donors (Lipinski definition) is 2. The van der Waals surface area contributed by atoms with E-state index in [1.54, 1.807) is 0 Å². The lowest BCUT2D eigenvalue weighted by atomic mass is 10.1. The first kappa shape index (κ1) is 24.1. The van der Waals surface area contributed by atoms with Crippen molar-refractivity contribution >= 4 is 29.9 Å². The van der Waals surface area contributed by atoms with Gasteiger partial charge in [-0.25, -0.2) is 0 Å². The maximum Gasteiger partial charge on any atom is 0.191 e. The van der Waals surface area contributed by atoms with E-state index in [1.165, 1.54) is 5.56 Å². The number of aliphatic imine (C=N–C) groups is 1. The number of morpholine rings is 1. The number of halogens is 1. The lowest BCUT2D eigenvalue weighted by Gasteiger charge is -2.31. The highest BCUT2D eigenvalue weighted by atomic mass is 127.